The highest BCUT2D eigenvalue weighted by atomic mass is 32.1. The monoisotopic (exact) mass is 1020 g/mol. The zero-order valence-corrected chi connectivity index (χ0v) is 42.5. The molecule has 384 valence electrons. The second-order valence-corrected chi connectivity index (χ2v) is 19.2. The van der Waals surface area contributed by atoms with E-state index in [0.29, 0.717) is 55.4 Å². The highest BCUT2D eigenvalue weighted by Gasteiger charge is 2.30. The summed E-state index contributed by atoms with van der Waals surface area (Å²) in [5, 5.41) is 9.65. The number of hydrogen-bond acceptors (Lipinski definition) is 11. The largest absolute Gasteiger partial charge is 0.494 e. The van der Waals surface area contributed by atoms with Gasteiger partial charge in [0.25, 0.3) is 0 Å². The molecule has 6 aromatic rings. The molecule has 0 bridgehead atoms. The molecule has 0 aliphatic heterocycles. The summed E-state index contributed by atoms with van der Waals surface area (Å²) in [6, 6.07) is 33.9. The molecule has 1 aliphatic rings. The van der Waals surface area contributed by atoms with Gasteiger partial charge in [-0.25, -0.2) is 28.1 Å². The minimum atomic E-state index is -0.987. The molecule has 13 heteroatoms. The minimum Gasteiger partial charge on any atom is -0.494 e. The smallest absolute Gasteiger partial charge is 0.330 e. The molecule has 10 nitrogen and oxygen atoms in total. The summed E-state index contributed by atoms with van der Waals surface area (Å²) in [6.45, 7) is 11.7. The molecule has 1 fully saturated rings. The predicted molar refractivity (Wildman–Crippen MR) is 293 cm³/mol. The van der Waals surface area contributed by atoms with Gasteiger partial charge in [-0.3, -0.25) is 5.43 Å². The third-order valence-electron chi connectivity index (χ3n) is 13.2. The van der Waals surface area contributed by atoms with Crippen LogP contribution < -0.4 is 10.2 Å². The molecule has 2 unspecified atom stereocenters. The molecular weight excluding hydrogens is 957 g/mol. The molecule has 0 saturated heterocycles. The Hall–Kier alpha value is -7.51. The quantitative estimate of drug-likeness (QED) is 0.0102. The lowest BCUT2D eigenvalue weighted by Gasteiger charge is -2.36. The summed E-state index contributed by atoms with van der Waals surface area (Å²) in [4.78, 5) is 39.3. The highest BCUT2D eigenvalue weighted by molar-refractivity contribution is 7.14. The van der Waals surface area contributed by atoms with Crippen molar-refractivity contribution >= 4 is 63.0 Å². The highest BCUT2D eigenvalue weighted by Crippen LogP contribution is 2.44. The number of ether oxygens (including phenoxy) is 4. The number of esters is 3. The molecule has 74 heavy (non-hydrogen) atoms. The average molecular weight is 1020 g/mol. The number of carbonyl (C=O) groups is 3. The van der Waals surface area contributed by atoms with E-state index in [2.05, 4.69) is 73.7 Å². The van der Waals surface area contributed by atoms with E-state index in [1.807, 2.05) is 17.5 Å². The fourth-order valence-electron chi connectivity index (χ4n) is 9.38. The second-order valence-electron chi connectivity index (χ2n) is 18.3. The zero-order chi connectivity index (χ0) is 52.1. The summed E-state index contributed by atoms with van der Waals surface area (Å²) in [6.07, 6.45) is 15.1. The number of benzene rings is 5. The summed E-state index contributed by atoms with van der Waals surface area (Å²) in [5.74, 6) is -1.56. The van der Waals surface area contributed by atoms with Crippen molar-refractivity contribution in [3.8, 4) is 28.1 Å². The van der Waals surface area contributed by atoms with Gasteiger partial charge in [0.2, 0.25) is 5.13 Å². The number of thiazole rings is 1. The van der Waals surface area contributed by atoms with Gasteiger partial charge in [-0.05, 0) is 139 Å². The Labute approximate surface area is 436 Å². The Morgan fingerprint density at radius 3 is 1.80 bits per heavy atom. The van der Waals surface area contributed by atoms with Crippen LogP contribution in [0, 0.1) is 11.8 Å². The number of unbranched alkanes of at least 4 members (excludes halogenated alkanes) is 3. The van der Waals surface area contributed by atoms with Gasteiger partial charge in [0.1, 0.15) is 5.75 Å². The number of fused-ring (bicyclic) bond motifs is 1. The van der Waals surface area contributed by atoms with E-state index in [1.165, 1.54) is 41.2 Å². The number of nitrogens with one attached hydrogen (secondary N) is 1. The van der Waals surface area contributed by atoms with E-state index in [4.69, 9.17) is 29.0 Å². The molecule has 1 saturated carbocycles. The fraction of sp³-hybridized carbons (Fsp3) is 0.295. The Morgan fingerprint density at radius 1 is 0.635 bits per heavy atom. The first-order valence-corrected chi connectivity index (χ1v) is 26.1. The molecule has 5 aromatic carbocycles. The van der Waals surface area contributed by atoms with Crippen LogP contribution in [0.2, 0.25) is 0 Å². The van der Waals surface area contributed by atoms with Gasteiger partial charge in [-0.2, -0.15) is 5.10 Å². The molecule has 0 radical (unpaired) electrons. The van der Waals surface area contributed by atoms with Gasteiger partial charge in [-0.1, -0.05) is 105 Å². The van der Waals surface area contributed by atoms with Gasteiger partial charge < -0.3 is 18.9 Å². The maximum absolute atomic E-state index is 15.8. The van der Waals surface area contributed by atoms with E-state index >= 15 is 8.78 Å². The van der Waals surface area contributed by atoms with Gasteiger partial charge >= 0.3 is 17.9 Å². The van der Waals surface area contributed by atoms with Crippen LogP contribution in [0.5, 0.6) is 5.75 Å². The Morgan fingerprint density at radius 2 is 1.19 bits per heavy atom. The predicted octanol–water partition coefficient (Wildman–Crippen LogP) is 15.0. The third-order valence-corrected chi connectivity index (χ3v) is 13.9. The number of anilines is 1. The van der Waals surface area contributed by atoms with Gasteiger partial charge in [0, 0.05) is 45.9 Å². The Balaban J connectivity index is 1.10. The molecular formula is C61H63F2N3O7S. The van der Waals surface area contributed by atoms with E-state index in [-0.39, 0.29) is 23.7 Å². The molecule has 0 spiro atoms. The Kier molecular flexibility index (Phi) is 20.6. The van der Waals surface area contributed by atoms with Crippen molar-refractivity contribution in [3.63, 3.8) is 0 Å². The number of halogens is 2. The number of hydrogen-bond donors (Lipinski definition) is 1. The lowest BCUT2D eigenvalue weighted by Crippen LogP contribution is -2.22. The standard InChI is InChI=1S/C61H63F2N3O7S/c1-4-56(67)71-32-11-9-15-42-35-43(16-10-12-33-72-57(68)5-2)37-51(36-42)49-27-30-54(52(39-49)40-64-66-61-65-55(41-74-61)50-24-19-44-17-7-8-18-48(44)38-50)45-20-22-46(23-21-45)59(62)60(63)47-25-28-53(29-26-47)70-31-13-14-34-73-58(69)6-3/h4-8,17-30,38-43,51H,1-3,9-16,31-37H2,(H,65,66)/b60-59+,64-40+. The van der Waals surface area contributed by atoms with Crippen LogP contribution in [-0.2, 0) is 28.6 Å². The second kappa shape index (κ2) is 28.1. The van der Waals surface area contributed by atoms with Crippen molar-refractivity contribution in [1.82, 2.24) is 4.98 Å². The van der Waals surface area contributed by atoms with Crippen molar-refractivity contribution in [1.29, 1.82) is 0 Å². The molecule has 0 amide bonds. The number of rotatable bonds is 27. The molecule has 1 N–H and O–H groups in total. The molecule has 1 aliphatic carbocycles. The van der Waals surface area contributed by atoms with Crippen LogP contribution in [0.3, 0.4) is 0 Å². The maximum Gasteiger partial charge on any atom is 0.330 e. The molecule has 1 heterocycles. The van der Waals surface area contributed by atoms with E-state index in [9.17, 15) is 14.4 Å². The third kappa shape index (κ3) is 16.0. The maximum atomic E-state index is 15.8. The topological polar surface area (TPSA) is 125 Å². The first kappa shape index (κ1) is 54.3. The lowest BCUT2D eigenvalue weighted by atomic mass is 9.69. The zero-order valence-electron chi connectivity index (χ0n) is 41.7. The summed E-state index contributed by atoms with van der Waals surface area (Å²) in [5.41, 5.74) is 8.90. The van der Waals surface area contributed by atoms with E-state index in [0.717, 1.165) is 103 Å². The van der Waals surface area contributed by atoms with Gasteiger partial charge in [0.05, 0.1) is 38.3 Å². The summed E-state index contributed by atoms with van der Waals surface area (Å²) < 4.78 is 52.7. The molecule has 2 atom stereocenters. The SMILES string of the molecule is C=CC(=O)OCCCCOc1ccc(/C(F)=C(\F)c2ccc(-c3ccc(C4CC(CCCCOC(=O)C=C)CC(CCCCOC(=O)C=C)C4)cc3/C=N/Nc3nc(-c4ccc5ccccc5c4)cs3)cc2)cc1. The average Bonchev–Trinajstić information content (AvgIpc) is 3.92. The van der Waals surface area contributed by atoms with Crippen LogP contribution >= 0.6 is 11.3 Å². The lowest BCUT2D eigenvalue weighted by molar-refractivity contribution is -0.138. The van der Waals surface area contributed by atoms with Crippen molar-refractivity contribution in [2.24, 2.45) is 16.9 Å². The normalized spacial score (nSPS) is 15.7. The van der Waals surface area contributed by atoms with Crippen LogP contribution in [0.25, 0.3) is 44.8 Å². The Bertz CT molecular complexity index is 2890. The molecule has 7 rings (SSSR count). The minimum absolute atomic E-state index is 0.0803. The van der Waals surface area contributed by atoms with E-state index < -0.39 is 29.6 Å². The van der Waals surface area contributed by atoms with Crippen LogP contribution in [0.15, 0.2) is 158 Å². The first-order chi connectivity index (χ1) is 36.1. The summed E-state index contributed by atoms with van der Waals surface area (Å²) in [7, 11) is 0. The van der Waals surface area contributed by atoms with Crippen molar-refractivity contribution in [3.05, 3.63) is 175 Å². The van der Waals surface area contributed by atoms with Crippen LogP contribution in [-0.4, -0.2) is 55.5 Å². The number of hydrazone groups is 1. The van der Waals surface area contributed by atoms with Crippen molar-refractivity contribution in [2.45, 2.75) is 76.5 Å². The number of aromatic nitrogens is 1. The van der Waals surface area contributed by atoms with Crippen LogP contribution in [0.1, 0.15) is 98.8 Å². The number of carbonyl (C=O) groups excluding carboxylic acids is 3. The fourth-order valence-corrected chi connectivity index (χ4v) is 10.1. The summed E-state index contributed by atoms with van der Waals surface area (Å²) >= 11 is 1.46. The first-order valence-electron chi connectivity index (χ1n) is 25.2. The van der Waals surface area contributed by atoms with Gasteiger partial charge in [0.15, 0.2) is 11.7 Å². The van der Waals surface area contributed by atoms with E-state index in [1.54, 1.807) is 42.6 Å². The van der Waals surface area contributed by atoms with Crippen molar-refractivity contribution < 1.29 is 42.1 Å². The van der Waals surface area contributed by atoms with Crippen LogP contribution in [0.4, 0.5) is 13.9 Å². The number of nitrogens with zero attached hydrogens (tertiary/aromatic N) is 2. The molecule has 1 aromatic heterocycles. The van der Waals surface area contributed by atoms with Gasteiger partial charge in [-0.15, -0.1) is 11.3 Å². The van der Waals surface area contributed by atoms with Crippen molar-refractivity contribution in [2.75, 3.05) is 31.9 Å².